The molecule has 3 heterocycles. The third-order valence-electron chi connectivity index (χ3n) is 4.11. The second kappa shape index (κ2) is 6.96. The zero-order valence-electron chi connectivity index (χ0n) is 13.5. The fourth-order valence-electron chi connectivity index (χ4n) is 2.92. The van der Waals surface area contributed by atoms with E-state index in [4.69, 9.17) is 0 Å². The molecule has 9 heteroatoms. The third-order valence-corrected chi connectivity index (χ3v) is 4.11. The number of nitrogens with one attached hydrogen (secondary N) is 2. The van der Waals surface area contributed by atoms with Crippen molar-refractivity contribution in [1.29, 1.82) is 0 Å². The van der Waals surface area contributed by atoms with Crippen molar-refractivity contribution in [3.63, 3.8) is 0 Å². The number of halogens is 2. The van der Waals surface area contributed by atoms with E-state index in [9.17, 15) is 18.4 Å². The fourth-order valence-corrected chi connectivity index (χ4v) is 2.92. The van der Waals surface area contributed by atoms with Crippen molar-refractivity contribution in [1.82, 2.24) is 25.4 Å². The minimum absolute atomic E-state index is 0.134. The lowest BCUT2D eigenvalue weighted by molar-refractivity contribution is -0.123. The Labute approximate surface area is 142 Å². The van der Waals surface area contributed by atoms with Gasteiger partial charge < -0.3 is 10.6 Å². The molecular formula is C16H17F2N5O2. The van der Waals surface area contributed by atoms with Crippen LogP contribution in [0.4, 0.5) is 8.78 Å². The van der Waals surface area contributed by atoms with Crippen LogP contribution in [0, 0.1) is 11.6 Å². The predicted octanol–water partition coefficient (Wildman–Crippen LogP) is 1.33. The average Bonchev–Trinajstić information content (AvgIpc) is 3.04. The lowest BCUT2D eigenvalue weighted by Gasteiger charge is -2.33. The van der Waals surface area contributed by atoms with Crippen molar-refractivity contribution in [3.8, 4) is 0 Å². The van der Waals surface area contributed by atoms with Crippen LogP contribution in [0.2, 0.25) is 0 Å². The molecule has 2 atom stereocenters. The highest BCUT2D eigenvalue weighted by molar-refractivity contribution is 5.93. The maximum atomic E-state index is 13.8. The predicted molar refractivity (Wildman–Crippen MR) is 83.4 cm³/mol. The molecular weight excluding hydrogens is 332 g/mol. The van der Waals surface area contributed by atoms with Crippen LogP contribution in [0.5, 0.6) is 0 Å². The van der Waals surface area contributed by atoms with Gasteiger partial charge in [0.05, 0.1) is 24.0 Å². The summed E-state index contributed by atoms with van der Waals surface area (Å²) in [5, 5.41) is 9.69. The van der Waals surface area contributed by atoms with Crippen LogP contribution >= 0.6 is 0 Å². The first-order chi connectivity index (χ1) is 12.0. The van der Waals surface area contributed by atoms with E-state index in [2.05, 4.69) is 20.7 Å². The normalized spacial score (nSPS) is 20.2. The average molecular weight is 349 g/mol. The molecule has 0 saturated carbocycles. The van der Waals surface area contributed by atoms with Crippen LogP contribution in [0.3, 0.4) is 0 Å². The van der Waals surface area contributed by atoms with Crippen molar-refractivity contribution < 1.29 is 18.4 Å². The van der Waals surface area contributed by atoms with Gasteiger partial charge in [0.25, 0.3) is 5.91 Å². The lowest BCUT2D eigenvalue weighted by Crippen LogP contribution is -2.51. The van der Waals surface area contributed by atoms with E-state index in [0.717, 1.165) is 11.9 Å². The Hall–Kier alpha value is -2.84. The maximum absolute atomic E-state index is 13.8. The SMILES string of the molecule is CCn1nccc1C1NC(=O)CCC1NC(=O)c1ncc(F)cc1F. The first kappa shape index (κ1) is 17.0. The summed E-state index contributed by atoms with van der Waals surface area (Å²) in [4.78, 5) is 27.6. The maximum Gasteiger partial charge on any atom is 0.273 e. The Morgan fingerprint density at radius 1 is 1.48 bits per heavy atom. The van der Waals surface area contributed by atoms with Gasteiger partial charge in [-0.25, -0.2) is 13.8 Å². The Morgan fingerprint density at radius 2 is 2.28 bits per heavy atom. The Balaban J connectivity index is 1.83. The van der Waals surface area contributed by atoms with Crippen LogP contribution in [-0.2, 0) is 11.3 Å². The second-order valence-corrected chi connectivity index (χ2v) is 5.72. The van der Waals surface area contributed by atoms with Gasteiger partial charge in [0, 0.05) is 25.2 Å². The molecule has 25 heavy (non-hydrogen) atoms. The molecule has 3 rings (SSSR count). The lowest BCUT2D eigenvalue weighted by atomic mass is 9.95. The third kappa shape index (κ3) is 3.49. The van der Waals surface area contributed by atoms with E-state index in [1.807, 2.05) is 6.92 Å². The number of nitrogens with zero attached hydrogens (tertiary/aromatic N) is 3. The molecule has 1 fully saturated rings. The molecule has 0 spiro atoms. The van der Waals surface area contributed by atoms with Crippen LogP contribution in [-0.4, -0.2) is 32.6 Å². The summed E-state index contributed by atoms with van der Waals surface area (Å²) in [5.74, 6) is -2.78. The fraction of sp³-hybridized carbons (Fsp3) is 0.375. The molecule has 2 N–H and O–H groups in total. The highest BCUT2D eigenvalue weighted by Crippen LogP contribution is 2.24. The van der Waals surface area contributed by atoms with Crippen LogP contribution in [0.15, 0.2) is 24.5 Å². The number of pyridine rings is 1. The summed E-state index contributed by atoms with van der Waals surface area (Å²) >= 11 is 0. The molecule has 2 aromatic heterocycles. The molecule has 0 bridgehead atoms. The number of piperidine rings is 1. The van der Waals surface area contributed by atoms with Crippen molar-refractivity contribution in [3.05, 3.63) is 47.5 Å². The summed E-state index contributed by atoms with van der Waals surface area (Å²) in [6.45, 7) is 2.51. The number of hydrogen-bond donors (Lipinski definition) is 2. The standard InChI is InChI=1S/C16H17F2N5O2/c1-2-23-12(5-6-20-23)15-11(3-4-13(24)22-15)21-16(25)14-10(18)7-9(17)8-19-14/h5-8,11,15H,2-4H2,1H3,(H,21,25)(H,22,24). The van der Waals surface area contributed by atoms with E-state index in [1.165, 1.54) is 0 Å². The van der Waals surface area contributed by atoms with Crippen LogP contribution < -0.4 is 10.6 Å². The first-order valence-electron chi connectivity index (χ1n) is 7.92. The number of amides is 2. The summed E-state index contributed by atoms with van der Waals surface area (Å²) < 4.78 is 28.4. The van der Waals surface area contributed by atoms with E-state index in [0.29, 0.717) is 19.0 Å². The topological polar surface area (TPSA) is 88.9 Å². The minimum atomic E-state index is -1.03. The molecule has 1 aliphatic heterocycles. The zero-order chi connectivity index (χ0) is 18.0. The van der Waals surface area contributed by atoms with E-state index < -0.39 is 35.3 Å². The van der Waals surface area contributed by atoms with Gasteiger partial charge in [-0.2, -0.15) is 5.10 Å². The molecule has 2 unspecified atom stereocenters. The van der Waals surface area contributed by atoms with E-state index in [1.54, 1.807) is 16.9 Å². The van der Waals surface area contributed by atoms with Gasteiger partial charge in [0.15, 0.2) is 11.5 Å². The molecule has 1 saturated heterocycles. The Kier molecular flexibility index (Phi) is 4.73. The molecule has 0 radical (unpaired) electrons. The second-order valence-electron chi connectivity index (χ2n) is 5.72. The number of carbonyl (C=O) groups excluding carboxylic acids is 2. The largest absolute Gasteiger partial charge is 0.346 e. The van der Waals surface area contributed by atoms with E-state index in [-0.39, 0.29) is 12.3 Å². The molecule has 2 amide bonds. The molecule has 2 aromatic rings. The number of carbonyl (C=O) groups is 2. The number of rotatable bonds is 4. The van der Waals surface area contributed by atoms with Crippen molar-refractivity contribution >= 4 is 11.8 Å². The van der Waals surface area contributed by atoms with E-state index >= 15 is 0 Å². The van der Waals surface area contributed by atoms with Gasteiger partial charge >= 0.3 is 0 Å². The quantitative estimate of drug-likeness (QED) is 0.871. The van der Waals surface area contributed by atoms with Gasteiger partial charge in [0.1, 0.15) is 5.82 Å². The molecule has 0 aromatic carbocycles. The summed E-state index contributed by atoms with van der Waals surface area (Å²) in [6, 6.07) is 1.42. The Bertz CT molecular complexity index is 808. The highest BCUT2D eigenvalue weighted by atomic mass is 19.1. The van der Waals surface area contributed by atoms with Gasteiger partial charge in [-0.3, -0.25) is 14.3 Å². The summed E-state index contributed by atoms with van der Waals surface area (Å²) in [5.41, 5.74) is 0.259. The summed E-state index contributed by atoms with van der Waals surface area (Å²) in [7, 11) is 0. The molecule has 0 aliphatic carbocycles. The van der Waals surface area contributed by atoms with Crippen LogP contribution in [0.1, 0.15) is 42.0 Å². The zero-order valence-corrected chi connectivity index (χ0v) is 13.5. The van der Waals surface area contributed by atoms with Gasteiger partial charge in [-0.05, 0) is 19.4 Å². The van der Waals surface area contributed by atoms with Gasteiger partial charge in [0.2, 0.25) is 5.91 Å². The smallest absolute Gasteiger partial charge is 0.273 e. The Morgan fingerprint density at radius 3 is 3.00 bits per heavy atom. The van der Waals surface area contributed by atoms with Crippen LogP contribution in [0.25, 0.3) is 0 Å². The molecule has 132 valence electrons. The minimum Gasteiger partial charge on any atom is -0.346 e. The summed E-state index contributed by atoms with van der Waals surface area (Å²) in [6.07, 6.45) is 3.02. The van der Waals surface area contributed by atoms with Crippen molar-refractivity contribution in [2.75, 3.05) is 0 Å². The van der Waals surface area contributed by atoms with Gasteiger partial charge in [-0.15, -0.1) is 0 Å². The number of aryl methyl sites for hydroxylation is 1. The van der Waals surface area contributed by atoms with Crippen molar-refractivity contribution in [2.24, 2.45) is 0 Å². The first-order valence-corrected chi connectivity index (χ1v) is 7.92. The number of hydrogen-bond acceptors (Lipinski definition) is 4. The molecule has 7 nitrogen and oxygen atoms in total. The monoisotopic (exact) mass is 349 g/mol. The van der Waals surface area contributed by atoms with Gasteiger partial charge in [-0.1, -0.05) is 0 Å². The molecule has 1 aliphatic rings. The number of aromatic nitrogens is 3. The van der Waals surface area contributed by atoms with Crippen molar-refractivity contribution in [2.45, 2.75) is 38.4 Å². The highest BCUT2D eigenvalue weighted by Gasteiger charge is 2.33.